The molecule has 5 rings (SSSR count). The van der Waals surface area contributed by atoms with Crippen LogP contribution in [0.5, 0.6) is 5.75 Å². The van der Waals surface area contributed by atoms with Crippen LogP contribution in [0.2, 0.25) is 0 Å². The molecule has 1 amide bonds. The summed E-state index contributed by atoms with van der Waals surface area (Å²) in [5, 5.41) is 55.8. The van der Waals surface area contributed by atoms with E-state index in [0.29, 0.717) is 16.7 Å². The Labute approximate surface area is 224 Å². The summed E-state index contributed by atoms with van der Waals surface area (Å²) >= 11 is 0. The summed E-state index contributed by atoms with van der Waals surface area (Å²) in [5.74, 6) is -8.51. The Morgan fingerprint density at radius 2 is 1.69 bits per heavy atom. The molecule has 9 heteroatoms. The fourth-order valence-corrected chi connectivity index (χ4v) is 5.95. The molecule has 2 aromatic rings. The number of carbonyl (C=O) groups is 3. The van der Waals surface area contributed by atoms with Gasteiger partial charge in [-0.1, -0.05) is 63.2 Å². The summed E-state index contributed by atoms with van der Waals surface area (Å²) < 4.78 is 0. The number of phenolic OH excluding ortho intramolecular Hbond substituents is 1. The quantitative estimate of drug-likeness (QED) is 0.320. The molecule has 0 heterocycles. The molecule has 202 valence electrons. The molecule has 9 nitrogen and oxygen atoms in total. The van der Waals surface area contributed by atoms with Gasteiger partial charge in [0.05, 0.1) is 17.2 Å². The second kappa shape index (κ2) is 8.65. The highest BCUT2D eigenvalue weighted by molar-refractivity contribution is 6.23. The molecule has 0 saturated heterocycles. The zero-order valence-corrected chi connectivity index (χ0v) is 21.6. The zero-order chi connectivity index (χ0) is 28.6. The molecule has 0 aromatic heterocycles. The maximum absolute atomic E-state index is 13.9. The van der Waals surface area contributed by atoms with Crippen LogP contribution in [-0.4, -0.2) is 54.7 Å². The third-order valence-corrected chi connectivity index (χ3v) is 8.00. The maximum Gasteiger partial charge on any atom is 0.255 e. The van der Waals surface area contributed by atoms with Crippen LogP contribution >= 0.6 is 0 Å². The van der Waals surface area contributed by atoms with Gasteiger partial charge < -0.3 is 31.3 Å². The number of aliphatic hydroxyl groups is 4. The molecule has 3 aliphatic carbocycles. The lowest BCUT2D eigenvalue weighted by Gasteiger charge is -2.49. The van der Waals surface area contributed by atoms with Gasteiger partial charge in [-0.2, -0.15) is 0 Å². The average Bonchev–Trinajstić information content (AvgIpc) is 2.85. The van der Waals surface area contributed by atoms with Gasteiger partial charge in [-0.15, -0.1) is 0 Å². The first-order valence-corrected chi connectivity index (χ1v) is 12.5. The van der Waals surface area contributed by atoms with Crippen molar-refractivity contribution in [1.29, 1.82) is 0 Å². The van der Waals surface area contributed by atoms with Crippen LogP contribution in [0.4, 0.5) is 0 Å². The first kappa shape index (κ1) is 26.4. The smallest absolute Gasteiger partial charge is 0.255 e. The zero-order valence-electron chi connectivity index (χ0n) is 21.6. The van der Waals surface area contributed by atoms with Gasteiger partial charge in [-0.25, -0.2) is 0 Å². The number of hydrogen-bond acceptors (Lipinski definition) is 8. The second-order valence-electron chi connectivity index (χ2n) is 11.3. The van der Waals surface area contributed by atoms with Gasteiger partial charge in [0.25, 0.3) is 5.91 Å². The second-order valence-corrected chi connectivity index (χ2v) is 11.3. The molecule has 7 N–H and O–H groups in total. The molecule has 0 radical (unpaired) electrons. The number of benzene rings is 2. The van der Waals surface area contributed by atoms with Crippen molar-refractivity contribution < 1.29 is 39.9 Å². The van der Waals surface area contributed by atoms with E-state index in [2.05, 4.69) is 20.8 Å². The topological polar surface area (TPSA) is 178 Å². The van der Waals surface area contributed by atoms with E-state index in [-0.39, 0.29) is 16.7 Å². The van der Waals surface area contributed by atoms with Crippen LogP contribution in [0.1, 0.15) is 49.4 Å². The summed E-state index contributed by atoms with van der Waals surface area (Å²) in [5.41, 5.74) is 3.25. The first-order chi connectivity index (χ1) is 18.2. The van der Waals surface area contributed by atoms with Crippen molar-refractivity contribution in [3.63, 3.8) is 0 Å². The summed E-state index contributed by atoms with van der Waals surface area (Å²) in [6, 6.07) is 12.1. The highest BCUT2D eigenvalue weighted by Gasteiger charge is 2.64. The summed E-state index contributed by atoms with van der Waals surface area (Å²) in [6.07, 6.45) is -0.588. The highest BCUT2D eigenvalue weighted by atomic mass is 16.4. The van der Waals surface area contributed by atoms with Gasteiger partial charge in [0.2, 0.25) is 5.78 Å². The molecular formula is C30H29NO8. The average molecular weight is 532 g/mol. The molecule has 0 spiro atoms. The van der Waals surface area contributed by atoms with E-state index in [0.717, 1.165) is 5.56 Å². The Bertz CT molecular complexity index is 1540. The van der Waals surface area contributed by atoms with Gasteiger partial charge in [-0.05, 0) is 33.7 Å². The number of fused-ring (bicyclic) bond motifs is 3. The van der Waals surface area contributed by atoms with Crippen molar-refractivity contribution in [3.05, 3.63) is 81.6 Å². The minimum absolute atomic E-state index is 0.0885. The number of nitrogens with two attached hydrogens (primary N) is 1. The van der Waals surface area contributed by atoms with Crippen molar-refractivity contribution in [2.24, 2.45) is 17.6 Å². The van der Waals surface area contributed by atoms with Gasteiger partial charge in [0.15, 0.2) is 11.4 Å². The van der Waals surface area contributed by atoms with Crippen LogP contribution in [0.3, 0.4) is 0 Å². The van der Waals surface area contributed by atoms with E-state index in [1.807, 2.05) is 24.3 Å². The van der Waals surface area contributed by atoms with Crippen molar-refractivity contribution in [1.82, 2.24) is 0 Å². The highest BCUT2D eigenvalue weighted by Crippen LogP contribution is 2.55. The Kier molecular flexibility index (Phi) is 5.86. The first-order valence-electron chi connectivity index (χ1n) is 12.5. The van der Waals surface area contributed by atoms with Gasteiger partial charge in [0.1, 0.15) is 22.8 Å². The van der Waals surface area contributed by atoms with E-state index in [1.54, 1.807) is 18.2 Å². The normalized spacial score (nSPS) is 27.8. The number of carbonyl (C=O) groups excluding carboxylic acids is 3. The third-order valence-electron chi connectivity index (χ3n) is 8.00. The van der Waals surface area contributed by atoms with Gasteiger partial charge in [0, 0.05) is 18.3 Å². The van der Waals surface area contributed by atoms with Crippen molar-refractivity contribution in [2.45, 2.75) is 44.3 Å². The van der Waals surface area contributed by atoms with E-state index in [9.17, 15) is 39.9 Å². The molecule has 3 aliphatic rings. The number of aromatic hydroxyl groups is 1. The molecule has 39 heavy (non-hydrogen) atoms. The lowest BCUT2D eigenvalue weighted by atomic mass is 9.56. The SMILES string of the molecule is CC(C)(C)c1ccc(/C=C2\c3cccc(O)c3C(O)=C3C(=O)[C@]4(O)C(O)=C(C(N)=O)C(=O)C[C@@H]4[C@@H](O)[C@@H]32)cc1. The summed E-state index contributed by atoms with van der Waals surface area (Å²) in [4.78, 5) is 38.4. The summed E-state index contributed by atoms with van der Waals surface area (Å²) in [7, 11) is 0. The van der Waals surface area contributed by atoms with E-state index < -0.39 is 70.1 Å². The number of rotatable bonds is 2. The van der Waals surface area contributed by atoms with Crippen LogP contribution in [0.25, 0.3) is 17.4 Å². The molecule has 0 unspecified atom stereocenters. The lowest BCUT2D eigenvalue weighted by Crippen LogP contribution is -2.63. The number of ketones is 2. The Morgan fingerprint density at radius 3 is 2.28 bits per heavy atom. The Morgan fingerprint density at radius 1 is 1.05 bits per heavy atom. The lowest BCUT2D eigenvalue weighted by molar-refractivity contribution is -0.157. The fourth-order valence-electron chi connectivity index (χ4n) is 5.95. The molecule has 1 fully saturated rings. The van der Waals surface area contributed by atoms with Gasteiger partial charge in [-0.3, -0.25) is 14.4 Å². The fraction of sp³-hybridized carbons (Fsp3) is 0.300. The Hall–Kier alpha value is -4.21. The van der Waals surface area contributed by atoms with E-state index in [1.165, 1.54) is 6.07 Å². The molecule has 2 aromatic carbocycles. The Balaban J connectivity index is 1.77. The predicted octanol–water partition coefficient (Wildman–Crippen LogP) is 2.69. The van der Waals surface area contributed by atoms with Crippen molar-refractivity contribution in [2.75, 3.05) is 0 Å². The van der Waals surface area contributed by atoms with E-state index >= 15 is 0 Å². The number of phenols is 1. The number of aliphatic hydroxyl groups excluding tert-OH is 3. The maximum atomic E-state index is 13.9. The molecule has 0 bridgehead atoms. The van der Waals surface area contributed by atoms with E-state index in [4.69, 9.17) is 5.73 Å². The predicted molar refractivity (Wildman–Crippen MR) is 142 cm³/mol. The minimum Gasteiger partial charge on any atom is -0.508 e. The molecular weight excluding hydrogens is 502 g/mol. The monoisotopic (exact) mass is 531 g/mol. The largest absolute Gasteiger partial charge is 0.508 e. The van der Waals surface area contributed by atoms with Crippen LogP contribution in [0, 0.1) is 11.8 Å². The van der Waals surface area contributed by atoms with Crippen LogP contribution in [-0.2, 0) is 19.8 Å². The number of hydrogen-bond donors (Lipinski definition) is 6. The number of Topliss-reactive ketones (excluding diaryl/α,β-unsaturated/α-hetero) is 2. The number of primary amides is 1. The van der Waals surface area contributed by atoms with Crippen LogP contribution in [0.15, 0.2) is 59.4 Å². The van der Waals surface area contributed by atoms with Crippen LogP contribution < -0.4 is 5.73 Å². The third kappa shape index (κ3) is 3.72. The minimum atomic E-state index is -2.89. The van der Waals surface area contributed by atoms with Crippen molar-refractivity contribution >= 4 is 34.9 Å². The molecule has 4 atom stereocenters. The molecule has 1 saturated carbocycles. The molecule has 0 aliphatic heterocycles. The number of amides is 1. The van der Waals surface area contributed by atoms with Crippen molar-refractivity contribution in [3.8, 4) is 5.75 Å². The summed E-state index contributed by atoms with van der Waals surface area (Å²) in [6.45, 7) is 6.22. The van der Waals surface area contributed by atoms with Gasteiger partial charge >= 0.3 is 0 Å². The standard InChI is InChI=1S/C30H29NO8/c1-29(2,3)14-9-7-13(8-10-14)11-16-15-5-4-6-18(32)20(15)25(35)23-21(16)24(34)17-12-19(33)22(28(31)38)26(36)30(17,39)27(23)37/h4-11,17,21,24,32,34-36,39H,12H2,1-3H3,(H2,31,38)/b16-11+/t17-,21-,24-,30-/m1/s1.